The van der Waals surface area contributed by atoms with E-state index in [1.165, 1.54) is 23.8 Å². The monoisotopic (exact) mass is 371 g/mol. The van der Waals surface area contributed by atoms with Crippen molar-refractivity contribution in [2.75, 3.05) is 18.9 Å². The van der Waals surface area contributed by atoms with Gasteiger partial charge in [-0.3, -0.25) is 4.79 Å². The van der Waals surface area contributed by atoms with Gasteiger partial charge in [0.05, 0.1) is 22.6 Å². The number of aromatic nitrogens is 3. The molecule has 26 heavy (non-hydrogen) atoms. The molecule has 3 rings (SSSR count). The molecule has 0 fully saturated rings. The number of amides is 1. The first-order valence-electron chi connectivity index (χ1n) is 8.89. The van der Waals surface area contributed by atoms with E-state index in [2.05, 4.69) is 57.8 Å². The number of benzene rings is 1. The summed E-state index contributed by atoms with van der Waals surface area (Å²) in [5, 5.41) is 3.42. The topological polar surface area (TPSA) is 63.1 Å². The number of carbonyl (C=O) groups is 1. The Balaban J connectivity index is 2.04. The van der Waals surface area contributed by atoms with Crippen molar-refractivity contribution in [3.63, 3.8) is 0 Å². The summed E-state index contributed by atoms with van der Waals surface area (Å²) in [5.41, 5.74) is 2.13. The minimum Gasteiger partial charge on any atom is -0.328 e. The molecule has 3 aromatic rings. The van der Waals surface area contributed by atoms with Gasteiger partial charge in [-0.15, -0.1) is 0 Å². The van der Waals surface area contributed by atoms with Crippen LogP contribution in [-0.4, -0.2) is 45.0 Å². The molecule has 0 radical (unpaired) electrons. The van der Waals surface area contributed by atoms with E-state index in [4.69, 9.17) is 0 Å². The number of rotatable bonds is 7. The lowest BCUT2D eigenvalue weighted by molar-refractivity contribution is -0.114. The van der Waals surface area contributed by atoms with E-state index >= 15 is 0 Å². The Kier molecular flexibility index (Phi) is 5.68. The predicted octanol–water partition coefficient (Wildman–Crippen LogP) is 3.77. The predicted molar refractivity (Wildman–Crippen MR) is 107 cm³/mol. The van der Waals surface area contributed by atoms with E-state index < -0.39 is 0 Å². The number of imidazole rings is 1. The summed E-state index contributed by atoms with van der Waals surface area (Å²) >= 11 is 1.51. The van der Waals surface area contributed by atoms with Gasteiger partial charge in [-0.25, -0.2) is 9.97 Å². The van der Waals surface area contributed by atoms with Crippen LogP contribution in [0.3, 0.4) is 0 Å². The van der Waals surface area contributed by atoms with E-state index in [-0.39, 0.29) is 11.9 Å². The molecule has 138 valence electrons. The van der Waals surface area contributed by atoms with Crippen LogP contribution < -0.4 is 5.32 Å². The fraction of sp³-hybridized carbons (Fsp3) is 0.421. The molecule has 0 saturated carbocycles. The molecule has 7 heteroatoms. The molecular formula is C19H25N5OS. The number of hydrogen-bond donors (Lipinski definition) is 1. The van der Waals surface area contributed by atoms with E-state index in [0.717, 1.165) is 23.2 Å². The summed E-state index contributed by atoms with van der Waals surface area (Å²) in [6.07, 6.45) is 6.77. The number of nitrogens with one attached hydrogen (secondary N) is 1. The molecule has 2 unspecified atom stereocenters. The van der Waals surface area contributed by atoms with Gasteiger partial charge in [0.2, 0.25) is 5.91 Å². The average molecular weight is 372 g/mol. The highest BCUT2D eigenvalue weighted by molar-refractivity contribution is 7.22. The molecule has 1 aromatic carbocycles. The van der Waals surface area contributed by atoms with Gasteiger partial charge in [-0.1, -0.05) is 31.3 Å². The molecule has 2 atom stereocenters. The lowest BCUT2D eigenvalue weighted by atomic mass is 9.95. The van der Waals surface area contributed by atoms with Gasteiger partial charge in [-0.05, 0) is 37.7 Å². The number of nitrogens with zero attached hydrogens (tertiary/aromatic N) is 4. The molecule has 0 saturated heterocycles. The quantitative estimate of drug-likeness (QED) is 0.687. The second-order valence-electron chi connectivity index (χ2n) is 6.43. The van der Waals surface area contributed by atoms with Gasteiger partial charge in [0.1, 0.15) is 0 Å². The fourth-order valence-corrected chi connectivity index (χ4v) is 4.33. The molecular weight excluding hydrogens is 346 g/mol. The van der Waals surface area contributed by atoms with E-state index in [0.29, 0.717) is 11.2 Å². The molecule has 1 amide bonds. The maximum absolute atomic E-state index is 11.3. The highest BCUT2D eigenvalue weighted by atomic mass is 32.1. The van der Waals surface area contributed by atoms with Crippen LogP contribution in [0.5, 0.6) is 0 Å². The van der Waals surface area contributed by atoms with Crippen LogP contribution in [0.4, 0.5) is 5.13 Å². The Bertz CT molecular complexity index is 873. The van der Waals surface area contributed by atoms with E-state index in [1.807, 2.05) is 24.8 Å². The Hall–Kier alpha value is -2.25. The average Bonchev–Trinajstić information content (AvgIpc) is 3.26. The molecule has 0 aliphatic carbocycles. The van der Waals surface area contributed by atoms with Crippen molar-refractivity contribution in [2.45, 2.75) is 39.3 Å². The first-order valence-corrected chi connectivity index (χ1v) is 9.70. The zero-order valence-corrected chi connectivity index (χ0v) is 16.5. The van der Waals surface area contributed by atoms with Crippen LogP contribution in [0.25, 0.3) is 10.2 Å². The SMILES string of the molecule is CCC(C(c1ccc2nc(NC(C)=O)sc2c1)n1ccnc1)N(C)CC. The summed E-state index contributed by atoms with van der Waals surface area (Å²) in [5.74, 6) is -0.101. The molecule has 6 nitrogen and oxygen atoms in total. The van der Waals surface area contributed by atoms with Crippen LogP contribution in [-0.2, 0) is 4.79 Å². The second kappa shape index (κ2) is 7.97. The molecule has 0 bridgehead atoms. The molecule has 2 aromatic heterocycles. The Morgan fingerprint density at radius 1 is 1.38 bits per heavy atom. The Morgan fingerprint density at radius 2 is 2.19 bits per heavy atom. The zero-order valence-electron chi connectivity index (χ0n) is 15.6. The molecule has 0 aliphatic rings. The number of fused-ring (bicyclic) bond motifs is 1. The lowest BCUT2D eigenvalue weighted by Crippen LogP contribution is -2.39. The standard InChI is InChI=1S/C19H25N5OS/c1-5-16(23(4)6-2)18(24-10-9-20-12-24)14-7-8-15-17(11-14)26-19(22-15)21-13(3)25/h7-12,16,18H,5-6H2,1-4H3,(H,21,22,25). The fourth-order valence-electron chi connectivity index (χ4n) is 3.37. The van der Waals surface area contributed by atoms with E-state index in [1.54, 1.807) is 0 Å². The third kappa shape index (κ3) is 3.78. The van der Waals surface area contributed by atoms with Gasteiger partial charge in [0, 0.05) is 25.4 Å². The van der Waals surface area contributed by atoms with Crippen LogP contribution in [0.2, 0.25) is 0 Å². The van der Waals surface area contributed by atoms with Crippen LogP contribution in [0, 0.1) is 0 Å². The third-order valence-corrected chi connectivity index (χ3v) is 5.66. The minimum atomic E-state index is -0.101. The van der Waals surface area contributed by atoms with Gasteiger partial charge in [0.25, 0.3) is 0 Å². The molecule has 0 aliphatic heterocycles. The van der Waals surface area contributed by atoms with Crippen molar-refractivity contribution < 1.29 is 4.79 Å². The van der Waals surface area contributed by atoms with Crippen molar-refractivity contribution in [3.8, 4) is 0 Å². The molecule has 1 N–H and O–H groups in total. The first kappa shape index (κ1) is 18.5. The minimum absolute atomic E-state index is 0.101. The van der Waals surface area contributed by atoms with Gasteiger partial charge < -0.3 is 14.8 Å². The Morgan fingerprint density at radius 3 is 2.81 bits per heavy atom. The van der Waals surface area contributed by atoms with Crippen LogP contribution >= 0.6 is 11.3 Å². The van der Waals surface area contributed by atoms with Crippen molar-refractivity contribution in [1.29, 1.82) is 0 Å². The van der Waals surface area contributed by atoms with Crippen molar-refractivity contribution in [1.82, 2.24) is 19.4 Å². The summed E-state index contributed by atoms with van der Waals surface area (Å²) in [7, 11) is 2.16. The Labute approximate surface area is 157 Å². The van der Waals surface area contributed by atoms with Crippen molar-refractivity contribution >= 4 is 32.6 Å². The van der Waals surface area contributed by atoms with Gasteiger partial charge in [-0.2, -0.15) is 0 Å². The van der Waals surface area contributed by atoms with Crippen LogP contribution in [0.15, 0.2) is 36.9 Å². The largest absolute Gasteiger partial charge is 0.328 e. The maximum Gasteiger partial charge on any atom is 0.223 e. The summed E-state index contributed by atoms with van der Waals surface area (Å²) < 4.78 is 3.25. The number of anilines is 1. The first-order chi connectivity index (χ1) is 12.5. The third-order valence-electron chi connectivity index (χ3n) is 4.73. The molecule has 2 heterocycles. The normalized spacial score (nSPS) is 13.9. The van der Waals surface area contributed by atoms with Crippen molar-refractivity contribution in [3.05, 3.63) is 42.5 Å². The smallest absolute Gasteiger partial charge is 0.223 e. The highest BCUT2D eigenvalue weighted by Gasteiger charge is 2.26. The number of hydrogen-bond acceptors (Lipinski definition) is 5. The number of carbonyl (C=O) groups excluding carboxylic acids is 1. The van der Waals surface area contributed by atoms with Crippen LogP contribution in [0.1, 0.15) is 38.8 Å². The highest BCUT2D eigenvalue weighted by Crippen LogP contribution is 2.32. The van der Waals surface area contributed by atoms with Crippen molar-refractivity contribution in [2.24, 2.45) is 0 Å². The maximum atomic E-state index is 11.3. The molecule has 0 spiro atoms. The van der Waals surface area contributed by atoms with E-state index in [9.17, 15) is 4.79 Å². The van der Waals surface area contributed by atoms with Gasteiger partial charge in [0.15, 0.2) is 5.13 Å². The summed E-state index contributed by atoms with van der Waals surface area (Å²) in [6.45, 7) is 6.89. The second-order valence-corrected chi connectivity index (χ2v) is 7.46. The number of likely N-dealkylation sites (N-methyl/N-ethyl adjacent to an activating group) is 1. The zero-order chi connectivity index (χ0) is 18.7. The van der Waals surface area contributed by atoms with Gasteiger partial charge >= 0.3 is 0 Å². The summed E-state index contributed by atoms with van der Waals surface area (Å²) in [4.78, 5) is 22.4. The summed E-state index contributed by atoms with van der Waals surface area (Å²) in [6, 6.07) is 6.89. The number of thiazole rings is 1. The lowest BCUT2D eigenvalue weighted by Gasteiger charge is -2.34.